The van der Waals surface area contributed by atoms with Gasteiger partial charge >= 0.3 is 0 Å². The molecule has 2 unspecified atom stereocenters. The average molecular weight is 256 g/mol. The van der Waals surface area contributed by atoms with Crippen LogP contribution in [0.25, 0.3) is 0 Å². The molecule has 0 amide bonds. The van der Waals surface area contributed by atoms with Crippen LogP contribution < -0.4 is 0 Å². The van der Waals surface area contributed by atoms with Crippen molar-refractivity contribution in [2.24, 2.45) is 11.8 Å². The number of carbonyl (C=O) groups excluding carboxylic acids is 2. The Labute approximate surface area is 109 Å². The van der Waals surface area contributed by atoms with Crippen molar-refractivity contribution in [3.8, 4) is 0 Å². The highest BCUT2D eigenvalue weighted by molar-refractivity contribution is 8.02. The Bertz CT molecular complexity index is 307. The van der Waals surface area contributed by atoms with Crippen molar-refractivity contribution in [1.29, 1.82) is 0 Å². The molecule has 98 valence electrons. The summed E-state index contributed by atoms with van der Waals surface area (Å²) in [4.78, 5) is 23.9. The predicted octanol–water partition coefficient (Wildman–Crippen LogP) is 3.48. The first-order chi connectivity index (χ1) is 7.77. The van der Waals surface area contributed by atoms with E-state index in [0.29, 0.717) is 24.5 Å². The van der Waals surface area contributed by atoms with Gasteiger partial charge in [-0.05, 0) is 12.3 Å². The second kappa shape index (κ2) is 5.55. The normalized spacial score (nSPS) is 26.7. The smallest absolute Gasteiger partial charge is 0.149 e. The fourth-order valence-electron chi connectivity index (χ4n) is 1.98. The van der Waals surface area contributed by atoms with Crippen LogP contribution in [0.1, 0.15) is 53.9 Å². The Hall–Kier alpha value is -0.310. The van der Waals surface area contributed by atoms with Crippen LogP contribution in [0.4, 0.5) is 0 Å². The number of hydrogen-bond donors (Lipinski definition) is 0. The van der Waals surface area contributed by atoms with E-state index < -0.39 is 0 Å². The van der Waals surface area contributed by atoms with E-state index in [1.165, 1.54) is 0 Å². The zero-order valence-corrected chi connectivity index (χ0v) is 12.4. The molecule has 1 rings (SSSR count). The topological polar surface area (TPSA) is 34.1 Å². The largest absolute Gasteiger partial charge is 0.300 e. The zero-order chi connectivity index (χ0) is 13.2. The molecule has 0 N–H and O–H groups in total. The molecule has 1 fully saturated rings. The molecular formula is C14H24O2S. The van der Waals surface area contributed by atoms with Crippen LogP contribution in [0.3, 0.4) is 0 Å². The Kier molecular flexibility index (Phi) is 4.82. The molecule has 0 aliphatic heterocycles. The quantitative estimate of drug-likeness (QED) is 0.772. The molecule has 2 atom stereocenters. The summed E-state index contributed by atoms with van der Waals surface area (Å²) in [5.41, 5.74) is 0. The van der Waals surface area contributed by atoms with Crippen LogP contribution in [0.2, 0.25) is 0 Å². The van der Waals surface area contributed by atoms with Gasteiger partial charge in [0.15, 0.2) is 0 Å². The molecule has 17 heavy (non-hydrogen) atoms. The van der Waals surface area contributed by atoms with E-state index >= 15 is 0 Å². The zero-order valence-electron chi connectivity index (χ0n) is 11.6. The molecule has 0 spiro atoms. The van der Waals surface area contributed by atoms with Crippen LogP contribution in [0.5, 0.6) is 0 Å². The summed E-state index contributed by atoms with van der Waals surface area (Å²) in [5.74, 6) is 1.02. The van der Waals surface area contributed by atoms with E-state index in [-0.39, 0.29) is 21.7 Å². The average Bonchev–Trinajstić information content (AvgIpc) is 2.22. The lowest BCUT2D eigenvalue weighted by Crippen LogP contribution is -2.39. The van der Waals surface area contributed by atoms with Gasteiger partial charge in [0, 0.05) is 23.5 Å². The summed E-state index contributed by atoms with van der Waals surface area (Å²) in [5, 5.41) is -0.112. The standard InChI is InChI=1S/C14H24O2S/c1-6-10-7-11(15)8-12(13(10)16)17-14(4,5)9(2)3/h9-10,12H,6-8H2,1-5H3. The van der Waals surface area contributed by atoms with Crippen molar-refractivity contribution >= 4 is 23.3 Å². The molecule has 0 heterocycles. The number of carbonyl (C=O) groups is 2. The third kappa shape index (κ3) is 3.57. The minimum atomic E-state index is -0.112. The number of rotatable bonds is 4. The van der Waals surface area contributed by atoms with E-state index in [1.54, 1.807) is 11.8 Å². The molecule has 2 nitrogen and oxygen atoms in total. The molecule has 1 saturated carbocycles. The number of ketones is 2. The van der Waals surface area contributed by atoms with Gasteiger partial charge in [-0.3, -0.25) is 9.59 Å². The highest BCUT2D eigenvalue weighted by atomic mass is 32.2. The second-order valence-corrected chi connectivity index (χ2v) is 7.68. The molecule has 1 aliphatic carbocycles. The molecule has 0 bridgehead atoms. The maximum absolute atomic E-state index is 12.2. The van der Waals surface area contributed by atoms with Gasteiger partial charge in [-0.25, -0.2) is 0 Å². The van der Waals surface area contributed by atoms with Gasteiger partial charge in [0.2, 0.25) is 0 Å². The van der Waals surface area contributed by atoms with Crippen molar-refractivity contribution in [3.63, 3.8) is 0 Å². The maximum atomic E-state index is 12.2. The summed E-state index contributed by atoms with van der Waals surface area (Å²) in [6.45, 7) is 10.7. The molecule has 0 aromatic rings. The SMILES string of the molecule is CCC1CC(=O)CC(SC(C)(C)C(C)C)C1=O. The highest BCUT2D eigenvalue weighted by Gasteiger charge is 2.38. The van der Waals surface area contributed by atoms with Gasteiger partial charge in [0.25, 0.3) is 0 Å². The van der Waals surface area contributed by atoms with Crippen molar-refractivity contribution in [3.05, 3.63) is 0 Å². The van der Waals surface area contributed by atoms with E-state index in [2.05, 4.69) is 27.7 Å². The Morgan fingerprint density at radius 1 is 1.29 bits per heavy atom. The molecule has 0 saturated heterocycles. The van der Waals surface area contributed by atoms with Crippen LogP contribution in [0.15, 0.2) is 0 Å². The van der Waals surface area contributed by atoms with Gasteiger partial charge in [-0.15, -0.1) is 11.8 Å². The van der Waals surface area contributed by atoms with Crippen molar-refractivity contribution < 1.29 is 9.59 Å². The lowest BCUT2D eigenvalue weighted by Gasteiger charge is -2.35. The summed E-state index contributed by atoms with van der Waals surface area (Å²) >= 11 is 1.69. The number of thioether (sulfide) groups is 1. The predicted molar refractivity (Wildman–Crippen MR) is 73.3 cm³/mol. The fourth-order valence-corrected chi connectivity index (χ4v) is 3.56. The summed E-state index contributed by atoms with van der Waals surface area (Å²) in [6, 6.07) is 0. The van der Waals surface area contributed by atoms with Gasteiger partial charge < -0.3 is 0 Å². The second-order valence-electron chi connectivity index (χ2n) is 5.82. The van der Waals surface area contributed by atoms with Gasteiger partial charge in [0.05, 0.1) is 5.25 Å². The van der Waals surface area contributed by atoms with Crippen LogP contribution in [-0.2, 0) is 9.59 Å². The van der Waals surface area contributed by atoms with Crippen LogP contribution >= 0.6 is 11.8 Å². The van der Waals surface area contributed by atoms with E-state index in [4.69, 9.17) is 0 Å². The van der Waals surface area contributed by atoms with E-state index in [9.17, 15) is 9.59 Å². The first-order valence-electron chi connectivity index (χ1n) is 6.51. The third-order valence-electron chi connectivity index (χ3n) is 3.94. The lowest BCUT2D eigenvalue weighted by atomic mass is 9.85. The summed E-state index contributed by atoms with van der Waals surface area (Å²) < 4.78 is 0.0518. The molecule has 1 aliphatic rings. The van der Waals surface area contributed by atoms with E-state index in [1.807, 2.05) is 6.92 Å². The maximum Gasteiger partial charge on any atom is 0.149 e. The summed E-state index contributed by atoms with van der Waals surface area (Å²) in [7, 11) is 0. The molecular weight excluding hydrogens is 232 g/mol. The lowest BCUT2D eigenvalue weighted by molar-refractivity contribution is -0.132. The van der Waals surface area contributed by atoms with Crippen molar-refractivity contribution in [2.45, 2.75) is 63.9 Å². The number of hydrogen-bond acceptors (Lipinski definition) is 3. The first kappa shape index (κ1) is 14.7. The monoisotopic (exact) mass is 256 g/mol. The van der Waals surface area contributed by atoms with Crippen molar-refractivity contribution in [2.75, 3.05) is 0 Å². The third-order valence-corrected chi connectivity index (χ3v) is 5.70. The first-order valence-corrected chi connectivity index (χ1v) is 7.39. The highest BCUT2D eigenvalue weighted by Crippen LogP contribution is 2.40. The number of Topliss-reactive ketones (excluding diaryl/α,β-unsaturated/α-hetero) is 2. The Morgan fingerprint density at radius 2 is 1.88 bits per heavy atom. The minimum Gasteiger partial charge on any atom is -0.300 e. The Balaban J connectivity index is 2.76. The molecule has 0 radical (unpaired) electrons. The van der Waals surface area contributed by atoms with Crippen LogP contribution in [-0.4, -0.2) is 21.6 Å². The fraction of sp³-hybridized carbons (Fsp3) is 0.857. The molecule has 3 heteroatoms. The Morgan fingerprint density at radius 3 is 2.35 bits per heavy atom. The van der Waals surface area contributed by atoms with Gasteiger partial charge in [0.1, 0.15) is 11.6 Å². The van der Waals surface area contributed by atoms with E-state index in [0.717, 1.165) is 6.42 Å². The van der Waals surface area contributed by atoms with Crippen molar-refractivity contribution in [1.82, 2.24) is 0 Å². The molecule has 0 aromatic heterocycles. The van der Waals surface area contributed by atoms with Gasteiger partial charge in [-0.2, -0.15) is 0 Å². The molecule has 0 aromatic carbocycles. The summed E-state index contributed by atoms with van der Waals surface area (Å²) in [6.07, 6.45) is 1.70. The minimum absolute atomic E-state index is 0.0308. The van der Waals surface area contributed by atoms with Gasteiger partial charge in [-0.1, -0.05) is 34.6 Å². The van der Waals surface area contributed by atoms with Crippen LogP contribution in [0, 0.1) is 11.8 Å².